The van der Waals surface area contributed by atoms with E-state index in [4.69, 9.17) is 10.5 Å². The van der Waals surface area contributed by atoms with Crippen molar-refractivity contribution in [2.75, 3.05) is 19.0 Å². The molecule has 18 heavy (non-hydrogen) atoms. The Hall–Kier alpha value is -0.580. The van der Waals surface area contributed by atoms with Crippen LogP contribution < -0.4 is 11.1 Å². The molecule has 2 atom stereocenters. The van der Waals surface area contributed by atoms with Crippen LogP contribution in [-0.4, -0.2) is 25.3 Å². The maximum absolute atomic E-state index is 6.02. The van der Waals surface area contributed by atoms with Crippen molar-refractivity contribution < 1.29 is 4.74 Å². The highest BCUT2D eigenvalue weighted by Crippen LogP contribution is 2.34. The first-order chi connectivity index (χ1) is 8.69. The van der Waals surface area contributed by atoms with Crippen LogP contribution in [0.4, 0.5) is 5.69 Å². The van der Waals surface area contributed by atoms with Crippen LogP contribution in [0.1, 0.15) is 25.7 Å². The number of hydrogen-bond donors (Lipinski definition) is 2. The second-order valence-corrected chi connectivity index (χ2v) is 5.90. The maximum atomic E-state index is 6.02. The van der Waals surface area contributed by atoms with E-state index in [2.05, 4.69) is 27.3 Å². The van der Waals surface area contributed by atoms with Gasteiger partial charge in [-0.05, 0) is 53.7 Å². The van der Waals surface area contributed by atoms with Gasteiger partial charge in [-0.1, -0.05) is 12.1 Å². The molecule has 100 valence electrons. The minimum Gasteiger partial charge on any atom is -0.381 e. The molecule has 0 amide bonds. The van der Waals surface area contributed by atoms with Crippen LogP contribution in [0.5, 0.6) is 0 Å². The van der Waals surface area contributed by atoms with Crippen LogP contribution in [0.25, 0.3) is 0 Å². The molecule has 1 fully saturated rings. The van der Waals surface area contributed by atoms with Gasteiger partial charge >= 0.3 is 0 Å². The van der Waals surface area contributed by atoms with Gasteiger partial charge in [-0.3, -0.25) is 0 Å². The SMILES string of the molecule is COC1CCCC(CN)(Nc2ccccc2Br)C1. The van der Waals surface area contributed by atoms with Crippen molar-refractivity contribution in [1.82, 2.24) is 0 Å². The Kier molecular flexibility index (Phi) is 4.65. The average Bonchev–Trinajstić information content (AvgIpc) is 2.42. The molecule has 3 N–H and O–H groups in total. The molecule has 0 spiro atoms. The monoisotopic (exact) mass is 312 g/mol. The van der Waals surface area contributed by atoms with Crippen molar-refractivity contribution in [3.63, 3.8) is 0 Å². The minimum absolute atomic E-state index is 0.0389. The Labute approximate surface area is 117 Å². The summed E-state index contributed by atoms with van der Waals surface area (Å²) < 4.78 is 6.59. The number of rotatable bonds is 4. The third-order valence-electron chi connectivity index (χ3n) is 3.80. The summed E-state index contributed by atoms with van der Waals surface area (Å²) in [6.07, 6.45) is 4.69. The maximum Gasteiger partial charge on any atom is 0.0594 e. The van der Waals surface area contributed by atoms with Crippen LogP contribution >= 0.6 is 15.9 Å². The van der Waals surface area contributed by atoms with Crippen LogP contribution in [0, 0.1) is 0 Å². The third kappa shape index (κ3) is 3.05. The average molecular weight is 313 g/mol. The first-order valence-corrected chi connectivity index (χ1v) is 7.24. The molecule has 1 aromatic rings. The third-order valence-corrected chi connectivity index (χ3v) is 4.49. The van der Waals surface area contributed by atoms with Gasteiger partial charge in [-0.2, -0.15) is 0 Å². The fraction of sp³-hybridized carbons (Fsp3) is 0.571. The summed E-state index contributed by atoms with van der Waals surface area (Å²) >= 11 is 3.57. The summed E-state index contributed by atoms with van der Waals surface area (Å²) in [7, 11) is 1.79. The lowest BCUT2D eigenvalue weighted by molar-refractivity contribution is 0.0483. The standard InChI is InChI=1S/C14H21BrN2O/c1-18-11-5-4-8-14(9-11,10-16)17-13-7-3-2-6-12(13)15/h2-3,6-7,11,17H,4-5,8-10,16H2,1H3. The van der Waals surface area contributed by atoms with E-state index in [0.717, 1.165) is 35.8 Å². The number of halogens is 1. The first kappa shape index (κ1) is 13.8. The molecule has 1 saturated carbocycles. The molecule has 0 aromatic heterocycles. The van der Waals surface area contributed by atoms with Gasteiger partial charge in [0.1, 0.15) is 0 Å². The molecule has 0 aliphatic heterocycles. The van der Waals surface area contributed by atoms with Crippen molar-refractivity contribution in [1.29, 1.82) is 0 Å². The predicted octanol–water partition coefficient (Wildman–Crippen LogP) is 3.15. The van der Waals surface area contributed by atoms with Gasteiger partial charge < -0.3 is 15.8 Å². The first-order valence-electron chi connectivity index (χ1n) is 6.45. The molecule has 0 radical (unpaired) electrons. The fourth-order valence-electron chi connectivity index (χ4n) is 2.71. The summed E-state index contributed by atoms with van der Waals surface area (Å²) in [5.74, 6) is 0. The van der Waals surface area contributed by atoms with E-state index in [9.17, 15) is 0 Å². The normalized spacial score (nSPS) is 28.1. The Morgan fingerprint density at radius 2 is 2.28 bits per heavy atom. The van der Waals surface area contributed by atoms with Gasteiger partial charge in [0.15, 0.2) is 0 Å². The molecule has 2 rings (SSSR count). The Morgan fingerprint density at radius 3 is 2.94 bits per heavy atom. The number of para-hydroxylation sites is 1. The van der Waals surface area contributed by atoms with Crippen LogP contribution in [0.2, 0.25) is 0 Å². The van der Waals surface area contributed by atoms with E-state index in [0.29, 0.717) is 12.6 Å². The highest BCUT2D eigenvalue weighted by molar-refractivity contribution is 9.10. The van der Waals surface area contributed by atoms with Crippen molar-refractivity contribution in [3.8, 4) is 0 Å². The summed E-state index contributed by atoms with van der Waals surface area (Å²) in [5, 5.41) is 3.62. The summed E-state index contributed by atoms with van der Waals surface area (Å²) in [4.78, 5) is 0. The van der Waals surface area contributed by atoms with Gasteiger partial charge in [0.05, 0.1) is 11.6 Å². The van der Waals surface area contributed by atoms with Crippen LogP contribution in [0.3, 0.4) is 0 Å². The van der Waals surface area contributed by atoms with Crippen molar-refractivity contribution >= 4 is 21.6 Å². The van der Waals surface area contributed by atoms with E-state index >= 15 is 0 Å². The predicted molar refractivity (Wildman–Crippen MR) is 78.8 cm³/mol. The van der Waals surface area contributed by atoms with Crippen LogP contribution in [0.15, 0.2) is 28.7 Å². The topological polar surface area (TPSA) is 47.3 Å². The molecule has 4 heteroatoms. The molecular formula is C14H21BrN2O. The number of hydrogen-bond acceptors (Lipinski definition) is 3. The van der Waals surface area contributed by atoms with E-state index < -0.39 is 0 Å². The van der Waals surface area contributed by atoms with Gasteiger partial charge in [-0.25, -0.2) is 0 Å². The Balaban J connectivity index is 2.15. The van der Waals surface area contributed by atoms with E-state index in [1.165, 1.54) is 0 Å². The van der Waals surface area contributed by atoms with Crippen molar-refractivity contribution in [3.05, 3.63) is 28.7 Å². The van der Waals surface area contributed by atoms with Crippen molar-refractivity contribution in [2.45, 2.75) is 37.3 Å². The largest absolute Gasteiger partial charge is 0.381 e. The fourth-order valence-corrected chi connectivity index (χ4v) is 3.09. The van der Waals surface area contributed by atoms with Crippen molar-refractivity contribution in [2.24, 2.45) is 5.73 Å². The number of benzene rings is 1. The Bertz CT molecular complexity index is 399. The number of nitrogens with two attached hydrogens (primary N) is 1. The molecule has 1 aromatic carbocycles. The molecule has 2 unspecified atom stereocenters. The van der Waals surface area contributed by atoms with Crippen LogP contribution in [-0.2, 0) is 4.74 Å². The molecular weight excluding hydrogens is 292 g/mol. The molecule has 0 saturated heterocycles. The lowest BCUT2D eigenvalue weighted by Gasteiger charge is -2.41. The second kappa shape index (κ2) is 6.04. The lowest BCUT2D eigenvalue weighted by atomic mass is 9.80. The van der Waals surface area contributed by atoms with Gasteiger partial charge in [0.25, 0.3) is 0 Å². The van der Waals surface area contributed by atoms with E-state index in [1.807, 2.05) is 18.2 Å². The summed E-state index contributed by atoms with van der Waals surface area (Å²) in [6.45, 7) is 0.633. The zero-order valence-corrected chi connectivity index (χ0v) is 12.4. The molecule has 0 heterocycles. The number of anilines is 1. The lowest BCUT2D eigenvalue weighted by Crippen LogP contribution is -2.50. The summed E-state index contributed by atoms with van der Waals surface area (Å²) in [6, 6.07) is 8.18. The van der Waals surface area contributed by atoms with Gasteiger partial charge in [0.2, 0.25) is 0 Å². The van der Waals surface area contributed by atoms with Gasteiger partial charge in [-0.15, -0.1) is 0 Å². The number of methoxy groups -OCH3 is 1. The quantitative estimate of drug-likeness (QED) is 0.898. The number of ether oxygens (including phenoxy) is 1. The van der Waals surface area contributed by atoms with Gasteiger partial charge in [0, 0.05) is 23.8 Å². The smallest absolute Gasteiger partial charge is 0.0594 e. The molecule has 1 aliphatic carbocycles. The molecule has 3 nitrogen and oxygen atoms in total. The second-order valence-electron chi connectivity index (χ2n) is 5.04. The molecule has 0 bridgehead atoms. The zero-order valence-electron chi connectivity index (χ0n) is 10.8. The molecule has 1 aliphatic rings. The Morgan fingerprint density at radius 1 is 1.50 bits per heavy atom. The van der Waals surface area contributed by atoms with E-state index in [-0.39, 0.29) is 5.54 Å². The van der Waals surface area contributed by atoms with E-state index in [1.54, 1.807) is 7.11 Å². The summed E-state index contributed by atoms with van der Waals surface area (Å²) in [5.41, 5.74) is 7.09. The highest BCUT2D eigenvalue weighted by Gasteiger charge is 2.35. The zero-order chi connectivity index (χ0) is 13.0. The minimum atomic E-state index is -0.0389. The highest BCUT2D eigenvalue weighted by atomic mass is 79.9. The number of nitrogens with one attached hydrogen (secondary N) is 1.